The Bertz CT molecular complexity index is 1070. The Kier molecular flexibility index (Phi) is 4.77. The lowest BCUT2D eigenvalue weighted by Crippen LogP contribution is -2.29. The predicted molar refractivity (Wildman–Crippen MR) is 105 cm³/mol. The third kappa shape index (κ3) is 3.28. The van der Waals surface area contributed by atoms with E-state index in [1.54, 1.807) is 22.5 Å². The van der Waals surface area contributed by atoms with Gasteiger partial charge in [0.25, 0.3) is 0 Å². The standard InChI is InChI=1S/C18H23N5O2S2/c1-12(2)23-13(3)10-19-17(23)9-14-7-8-22(11-14)27(24,25)16-6-4-5-15-18(16)21-26-20-15/h4-6,10,12,14H,7-9,11H2,1-3H3. The van der Waals surface area contributed by atoms with E-state index < -0.39 is 10.0 Å². The lowest BCUT2D eigenvalue weighted by atomic mass is 10.0. The molecule has 1 unspecified atom stereocenters. The molecule has 1 fully saturated rings. The van der Waals surface area contributed by atoms with Crippen LogP contribution in [0, 0.1) is 12.8 Å². The van der Waals surface area contributed by atoms with Crippen LogP contribution in [0.1, 0.15) is 37.8 Å². The van der Waals surface area contributed by atoms with Gasteiger partial charge in [-0.25, -0.2) is 13.4 Å². The van der Waals surface area contributed by atoms with E-state index in [1.807, 2.05) is 6.20 Å². The molecule has 0 amide bonds. The highest BCUT2D eigenvalue weighted by Gasteiger charge is 2.34. The third-order valence-corrected chi connectivity index (χ3v) is 7.60. The minimum Gasteiger partial charge on any atom is -0.330 e. The molecule has 1 atom stereocenters. The van der Waals surface area contributed by atoms with E-state index in [0.29, 0.717) is 30.2 Å². The molecule has 0 radical (unpaired) electrons. The molecule has 0 aliphatic carbocycles. The smallest absolute Gasteiger partial charge is 0.245 e. The first-order valence-corrected chi connectivity index (χ1v) is 11.3. The minimum atomic E-state index is -3.57. The number of imidazole rings is 1. The van der Waals surface area contributed by atoms with E-state index >= 15 is 0 Å². The van der Waals surface area contributed by atoms with E-state index in [2.05, 4.69) is 39.1 Å². The molecule has 27 heavy (non-hydrogen) atoms. The average molecular weight is 406 g/mol. The Balaban J connectivity index is 1.55. The van der Waals surface area contributed by atoms with Crippen molar-refractivity contribution >= 4 is 32.8 Å². The Labute approximate surface area is 163 Å². The van der Waals surface area contributed by atoms with Crippen molar-refractivity contribution in [3.8, 4) is 0 Å². The molecular formula is C18H23N5O2S2. The van der Waals surface area contributed by atoms with Crippen molar-refractivity contribution in [3.05, 3.63) is 35.9 Å². The highest BCUT2D eigenvalue weighted by atomic mass is 32.2. The highest BCUT2D eigenvalue weighted by Crippen LogP contribution is 2.30. The van der Waals surface area contributed by atoms with Gasteiger partial charge < -0.3 is 4.57 Å². The number of aryl methyl sites for hydroxylation is 1. The van der Waals surface area contributed by atoms with Gasteiger partial charge in [-0.1, -0.05) is 6.07 Å². The average Bonchev–Trinajstić information content (AvgIpc) is 3.34. The highest BCUT2D eigenvalue weighted by molar-refractivity contribution is 7.89. The zero-order valence-corrected chi connectivity index (χ0v) is 17.3. The van der Waals surface area contributed by atoms with Crippen LogP contribution >= 0.6 is 11.7 Å². The second-order valence-corrected chi connectivity index (χ2v) is 9.82. The number of hydrogen-bond donors (Lipinski definition) is 0. The molecule has 2 aromatic heterocycles. The Hall–Kier alpha value is -1.84. The first-order valence-electron chi connectivity index (χ1n) is 9.12. The van der Waals surface area contributed by atoms with Crippen LogP contribution in [0.4, 0.5) is 0 Å². The molecule has 1 aromatic carbocycles. The van der Waals surface area contributed by atoms with Crippen LogP contribution in [0.3, 0.4) is 0 Å². The molecule has 1 aliphatic heterocycles. The summed E-state index contributed by atoms with van der Waals surface area (Å²) in [5.74, 6) is 1.31. The molecule has 3 heterocycles. The number of benzene rings is 1. The van der Waals surface area contributed by atoms with E-state index in [9.17, 15) is 8.42 Å². The topological polar surface area (TPSA) is 81.0 Å². The molecule has 3 aromatic rings. The van der Waals surface area contributed by atoms with Gasteiger partial charge in [0.1, 0.15) is 21.8 Å². The number of nitrogens with zero attached hydrogens (tertiary/aromatic N) is 5. The zero-order valence-electron chi connectivity index (χ0n) is 15.7. The van der Waals surface area contributed by atoms with E-state index in [0.717, 1.165) is 36.1 Å². The first-order chi connectivity index (χ1) is 12.9. The quantitative estimate of drug-likeness (QED) is 0.652. The van der Waals surface area contributed by atoms with Gasteiger partial charge in [-0.3, -0.25) is 0 Å². The number of sulfonamides is 1. The molecule has 1 saturated heterocycles. The zero-order chi connectivity index (χ0) is 19.2. The normalized spacial score (nSPS) is 18.7. The van der Waals surface area contributed by atoms with Crippen molar-refractivity contribution in [1.29, 1.82) is 0 Å². The van der Waals surface area contributed by atoms with Crippen molar-refractivity contribution in [2.24, 2.45) is 5.92 Å². The molecular weight excluding hydrogens is 382 g/mol. The molecule has 0 N–H and O–H groups in total. The monoisotopic (exact) mass is 405 g/mol. The van der Waals surface area contributed by atoms with Gasteiger partial charge in [0, 0.05) is 37.4 Å². The molecule has 4 rings (SSSR count). The number of rotatable bonds is 5. The summed E-state index contributed by atoms with van der Waals surface area (Å²) < 4.78 is 38.5. The van der Waals surface area contributed by atoms with Crippen LogP contribution in [0.15, 0.2) is 29.3 Å². The van der Waals surface area contributed by atoms with Gasteiger partial charge in [-0.05, 0) is 45.2 Å². The van der Waals surface area contributed by atoms with Crippen molar-refractivity contribution in [2.45, 2.75) is 44.6 Å². The molecule has 0 spiro atoms. The van der Waals surface area contributed by atoms with E-state index in [-0.39, 0.29) is 10.8 Å². The van der Waals surface area contributed by atoms with Crippen LogP contribution in [-0.2, 0) is 16.4 Å². The van der Waals surface area contributed by atoms with E-state index in [1.165, 1.54) is 0 Å². The second-order valence-electron chi connectivity index (χ2n) is 7.39. The fourth-order valence-corrected chi connectivity index (χ4v) is 6.20. The summed E-state index contributed by atoms with van der Waals surface area (Å²) in [5.41, 5.74) is 2.24. The van der Waals surface area contributed by atoms with Crippen LogP contribution in [-0.4, -0.2) is 44.1 Å². The SMILES string of the molecule is Cc1cnc(CC2CCN(S(=O)(=O)c3cccc4nsnc34)C2)n1C(C)C. The number of aromatic nitrogens is 4. The van der Waals surface area contributed by atoms with Crippen LogP contribution in [0.2, 0.25) is 0 Å². The minimum absolute atomic E-state index is 0.258. The molecule has 144 valence electrons. The van der Waals surface area contributed by atoms with Gasteiger partial charge >= 0.3 is 0 Å². The first kappa shape index (κ1) is 18.5. The summed E-state index contributed by atoms with van der Waals surface area (Å²) in [6.07, 6.45) is 3.53. The second kappa shape index (κ2) is 6.96. The van der Waals surface area contributed by atoms with Crippen molar-refractivity contribution in [3.63, 3.8) is 0 Å². The van der Waals surface area contributed by atoms with Crippen molar-refractivity contribution < 1.29 is 8.42 Å². The molecule has 1 aliphatic rings. The van der Waals surface area contributed by atoms with Gasteiger partial charge in [-0.15, -0.1) is 0 Å². The van der Waals surface area contributed by atoms with Crippen molar-refractivity contribution in [2.75, 3.05) is 13.1 Å². The maximum Gasteiger partial charge on any atom is 0.245 e. The molecule has 9 heteroatoms. The molecule has 0 saturated carbocycles. The summed E-state index contributed by atoms with van der Waals surface area (Å²) in [7, 11) is -3.57. The summed E-state index contributed by atoms with van der Waals surface area (Å²) >= 11 is 1.04. The Morgan fingerprint density at radius 3 is 2.89 bits per heavy atom. The molecule has 0 bridgehead atoms. The van der Waals surface area contributed by atoms with E-state index in [4.69, 9.17) is 0 Å². The van der Waals surface area contributed by atoms with Gasteiger partial charge in [0.2, 0.25) is 10.0 Å². The summed E-state index contributed by atoms with van der Waals surface area (Å²) in [4.78, 5) is 4.82. The summed E-state index contributed by atoms with van der Waals surface area (Å²) in [5, 5.41) is 0. The predicted octanol–water partition coefficient (Wildman–Crippen LogP) is 3.03. The maximum atomic E-state index is 13.2. The van der Waals surface area contributed by atoms with Gasteiger partial charge in [-0.2, -0.15) is 13.1 Å². The molecule has 7 nitrogen and oxygen atoms in total. The van der Waals surface area contributed by atoms with Gasteiger partial charge in [0.05, 0.1) is 11.7 Å². The lowest BCUT2D eigenvalue weighted by Gasteiger charge is -2.18. The van der Waals surface area contributed by atoms with Gasteiger partial charge in [0.15, 0.2) is 0 Å². The third-order valence-electron chi connectivity index (χ3n) is 5.16. The number of hydrogen-bond acceptors (Lipinski definition) is 6. The van der Waals surface area contributed by atoms with Crippen LogP contribution < -0.4 is 0 Å². The summed E-state index contributed by atoms with van der Waals surface area (Å²) in [6, 6.07) is 5.49. The maximum absolute atomic E-state index is 13.2. The largest absolute Gasteiger partial charge is 0.330 e. The fraction of sp³-hybridized carbons (Fsp3) is 0.500. The van der Waals surface area contributed by atoms with Crippen LogP contribution in [0.25, 0.3) is 11.0 Å². The van der Waals surface area contributed by atoms with Crippen LogP contribution in [0.5, 0.6) is 0 Å². The van der Waals surface area contributed by atoms with Crippen molar-refractivity contribution in [1.82, 2.24) is 22.6 Å². The Morgan fingerprint density at radius 2 is 2.11 bits per heavy atom. The number of fused-ring (bicyclic) bond motifs is 1. The lowest BCUT2D eigenvalue weighted by molar-refractivity contribution is 0.446. The summed E-state index contributed by atoms with van der Waals surface area (Å²) in [6.45, 7) is 7.39. The fourth-order valence-electron chi connectivity index (χ4n) is 3.92. The Morgan fingerprint density at radius 1 is 1.30 bits per heavy atom.